The number of aromatic nitrogens is 4. The van der Waals surface area contributed by atoms with Gasteiger partial charge in [-0.2, -0.15) is 0 Å². The van der Waals surface area contributed by atoms with E-state index < -0.39 is 0 Å². The van der Waals surface area contributed by atoms with Crippen LogP contribution in [0.2, 0.25) is 0 Å². The van der Waals surface area contributed by atoms with Gasteiger partial charge in [0.25, 0.3) is 5.56 Å². The number of rotatable bonds is 7. The molecule has 0 saturated carbocycles. The summed E-state index contributed by atoms with van der Waals surface area (Å²) in [4.78, 5) is 39.1. The molecular formula is C30H32N6O2S. The number of pyridine rings is 2. The van der Waals surface area contributed by atoms with Crippen molar-refractivity contribution in [1.29, 1.82) is 0 Å². The lowest BCUT2D eigenvalue weighted by Gasteiger charge is -2.17. The number of anilines is 1. The number of thiophene rings is 1. The maximum Gasteiger partial charge on any atom is 0.259 e. The number of fused-ring (bicyclic) bond motifs is 1. The molecule has 1 atom stereocenters. The third kappa shape index (κ3) is 5.28. The van der Waals surface area contributed by atoms with Crippen LogP contribution in [0.25, 0.3) is 32.6 Å². The Hall–Kier alpha value is -4.08. The van der Waals surface area contributed by atoms with Crippen LogP contribution in [0.15, 0.2) is 70.4 Å². The Morgan fingerprint density at radius 2 is 1.77 bits per heavy atom. The Bertz CT molecular complexity index is 1800. The Kier molecular flexibility index (Phi) is 7.20. The Labute approximate surface area is 231 Å². The van der Waals surface area contributed by atoms with Gasteiger partial charge in [0, 0.05) is 53.8 Å². The maximum absolute atomic E-state index is 13.3. The van der Waals surface area contributed by atoms with Gasteiger partial charge in [0.2, 0.25) is 5.56 Å². The second-order valence-electron chi connectivity index (χ2n) is 10.1. The summed E-state index contributed by atoms with van der Waals surface area (Å²) in [6.07, 6.45) is 1.68. The van der Waals surface area contributed by atoms with E-state index >= 15 is 0 Å². The van der Waals surface area contributed by atoms with Gasteiger partial charge in [-0.25, -0.2) is 9.97 Å². The lowest BCUT2D eigenvalue weighted by atomic mass is 10.1. The highest BCUT2D eigenvalue weighted by molar-refractivity contribution is 7.15. The molecule has 0 aliphatic carbocycles. The quantitative estimate of drug-likeness (QED) is 0.314. The zero-order valence-electron chi connectivity index (χ0n) is 23.0. The van der Waals surface area contributed by atoms with Crippen molar-refractivity contribution < 1.29 is 0 Å². The molecule has 4 aromatic heterocycles. The standard InChI is InChI=1S/C30H32N6O2S/c1-18(25-12-13-26(39-25)22-10-8-7-9-20(22)16-34(3)4)31-28-24-15-23(21-11-14-27(37)35(5)17-21)30(38)36(6)29(24)33-19(2)32-28/h7-15,17-18H,16H2,1-6H3,(H,31,32,33)/t18-/m1/s1. The molecule has 200 valence electrons. The molecule has 0 fully saturated rings. The molecule has 0 saturated heterocycles. The van der Waals surface area contributed by atoms with Crippen LogP contribution in [-0.4, -0.2) is 38.1 Å². The summed E-state index contributed by atoms with van der Waals surface area (Å²) in [6.45, 7) is 4.81. The van der Waals surface area contributed by atoms with Crippen LogP contribution in [0, 0.1) is 6.92 Å². The minimum atomic E-state index is -0.183. The zero-order chi connectivity index (χ0) is 27.8. The van der Waals surface area contributed by atoms with E-state index in [-0.39, 0.29) is 17.2 Å². The second-order valence-corrected chi connectivity index (χ2v) is 11.2. The second kappa shape index (κ2) is 10.6. The van der Waals surface area contributed by atoms with Crippen LogP contribution < -0.4 is 16.4 Å². The molecule has 9 heteroatoms. The van der Waals surface area contributed by atoms with Gasteiger partial charge in [-0.05, 0) is 63.3 Å². The Morgan fingerprint density at radius 3 is 2.51 bits per heavy atom. The third-order valence-corrected chi connectivity index (χ3v) is 8.05. The molecule has 0 bridgehead atoms. The highest BCUT2D eigenvalue weighted by Crippen LogP contribution is 2.35. The lowest BCUT2D eigenvalue weighted by Crippen LogP contribution is -2.22. The SMILES string of the molecule is Cc1nc(N[C@H](C)c2ccc(-c3ccccc3CN(C)C)s2)c2cc(-c3ccc(=O)n(C)c3)c(=O)n(C)c2n1. The molecule has 8 nitrogen and oxygen atoms in total. The van der Waals surface area contributed by atoms with Gasteiger partial charge in [-0.1, -0.05) is 24.3 Å². The van der Waals surface area contributed by atoms with Gasteiger partial charge >= 0.3 is 0 Å². The van der Waals surface area contributed by atoms with Crippen molar-refractivity contribution in [3.05, 3.63) is 97.8 Å². The predicted octanol–water partition coefficient (Wildman–Crippen LogP) is 4.97. The van der Waals surface area contributed by atoms with E-state index in [1.165, 1.54) is 31.5 Å². The van der Waals surface area contributed by atoms with Crippen LogP contribution in [0.3, 0.4) is 0 Å². The van der Waals surface area contributed by atoms with Crippen molar-refractivity contribution in [3.8, 4) is 21.6 Å². The van der Waals surface area contributed by atoms with Gasteiger partial charge in [0.1, 0.15) is 17.3 Å². The molecule has 0 unspecified atom stereocenters. The summed E-state index contributed by atoms with van der Waals surface area (Å²) in [5.41, 5.74) is 3.93. The topological polar surface area (TPSA) is 85.0 Å². The highest BCUT2D eigenvalue weighted by Gasteiger charge is 2.18. The van der Waals surface area contributed by atoms with Gasteiger partial charge < -0.3 is 14.8 Å². The van der Waals surface area contributed by atoms with Gasteiger partial charge in [0.05, 0.1) is 11.4 Å². The van der Waals surface area contributed by atoms with Crippen molar-refractivity contribution in [3.63, 3.8) is 0 Å². The summed E-state index contributed by atoms with van der Waals surface area (Å²) >= 11 is 1.76. The molecule has 0 aliphatic rings. The number of nitrogens with zero attached hydrogens (tertiary/aromatic N) is 5. The Balaban J connectivity index is 1.53. The van der Waals surface area contributed by atoms with Crippen LogP contribution in [0.5, 0.6) is 0 Å². The van der Waals surface area contributed by atoms with Gasteiger partial charge in [0.15, 0.2) is 0 Å². The largest absolute Gasteiger partial charge is 0.362 e. The predicted molar refractivity (Wildman–Crippen MR) is 159 cm³/mol. The Morgan fingerprint density at radius 1 is 1.00 bits per heavy atom. The number of hydrogen-bond acceptors (Lipinski definition) is 7. The van der Waals surface area contributed by atoms with Crippen molar-refractivity contribution >= 4 is 28.2 Å². The molecule has 0 aliphatic heterocycles. The molecule has 0 amide bonds. The van der Waals surface area contributed by atoms with E-state index in [9.17, 15) is 9.59 Å². The van der Waals surface area contributed by atoms with Crippen molar-refractivity contribution in [2.24, 2.45) is 14.1 Å². The van der Waals surface area contributed by atoms with Gasteiger partial charge in [-0.15, -0.1) is 11.3 Å². The summed E-state index contributed by atoms with van der Waals surface area (Å²) in [6, 6.07) is 17.8. The molecule has 5 rings (SSSR count). The monoisotopic (exact) mass is 540 g/mol. The summed E-state index contributed by atoms with van der Waals surface area (Å²) in [5.74, 6) is 1.24. The number of nitrogens with one attached hydrogen (secondary N) is 1. The highest BCUT2D eigenvalue weighted by atomic mass is 32.1. The number of benzene rings is 1. The minimum Gasteiger partial charge on any atom is -0.362 e. The summed E-state index contributed by atoms with van der Waals surface area (Å²) < 4.78 is 3.02. The van der Waals surface area contributed by atoms with Crippen molar-refractivity contribution in [1.82, 2.24) is 24.0 Å². The van der Waals surface area contributed by atoms with Gasteiger partial charge in [-0.3, -0.25) is 14.2 Å². The maximum atomic E-state index is 13.3. The lowest BCUT2D eigenvalue weighted by molar-refractivity contribution is 0.403. The molecule has 0 spiro atoms. The van der Waals surface area contributed by atoms with E-state index in [4.69, 9.17) is 4.98 Å². The van der Waals surface area contributed by atoms with E-state index in [0.29, 0.717) is 28.4 Å². The fourth-order valence-electron chi connectivity index (χ4n) is 4.75. The molecule has 1 N–H and O–H groups in total. The smallest absolute Gasteiger partial charge is 0.259 e. The first-order valence-electron chi connectivity index (χ1n) is 12.8. The zero-order valence-corrected chi connectivity index (χ0v) is 23.8. The summed E-state index contributed by atoms with van der Waals surface area (Å²) in [5, 5.41) is 4.32. The molecule has 0 radical (unpaired) electrons. The third-order valence-electron chi connectivity index (χ3n) is 6.75. The molecular weight excluding hydrogens is 508 g/mol. The van der Waals surface area contributed by atoms with Crippen LogP contribution in [0.1, 0.15) is 29.2 Å². The van der Waals surface area contributed by atoms with E-state index in [2.05, 4.69) is 72.6 Å². The fourth-order valence-corrected chi connectivity index (χ4v) is 5.82. The van der Waals surface area contributed by atoms with E-state index in [0.717, 1.165) is 11.9 Å². The normalized spacial score (nSPS) is 12.3. The average molecular weight is 541 g/mol. The first kappa shape index (κ1) is 26.5. The van der Waals surface area contributed by atoms with Crippen LogP contribution in [-0.2, 0) is 20.6 Å². The first-order chi connectivity index (χ1) is 18.6. The summed E-state index contributed by atoms with van der Waals surface area (Å²) in [7, 11) is 7.55. The number of hydrogen-bond donors (Lipinski definition) is 1. The van der Waals surface area contributed by atoms with Crippen molar-refractivity contribution in [2.75, 3.05) is 19.4 Å². The number of aryl methyl sites for hydroxylation is 3. The van der Waals surface area contributed by atoms with E-state index in [1.54, 1.807) is 42.3 Å². The molecule has 4 heterocycles. The first-order valence-corrected chi connectivity index (χ1v) is 13.6. The fraction of sp³-hybridized carbons (Fsp3) is 0.267. The molecule has 39 heavy (non-hydrogen) atoms. The van der Waals surface area contributed by atoms with Crippen molar-refractivity contribution in [2.45, 2.75) is 26.4 Å². The molecule has 1 aromatic carbocycles. The van der Waals surface area contributed by atoms with Crippen LogP contribution >= 0.6 is 11.3 Å². The average Bonchev–Trinajstić information content (AvgIpc) is 3.38. The molecule has 5 aromatic rings. The van der Waals surface area contributed by atoms with Crippen LogP contribution in [0.4, 0.5) is 5.82 Å². The van der Waals surface area contributed by atoms with E-state index in [1.807, 2.05) is 13.0 Å². The minimum absolute atomic E-state index is 0.0273.